The van der Waals surface area contributed by atoms with Gasteiger partial charge in [-0.25, -0.2) is 4.68 Å². The maximum absolute atomic E-state index is 4.39. The predicted octanol–water partition coefficient (Wildman–Crippen LogP) is 2.25. The molecule has 0 spiro atoms. The highest BCUT2D eigenvalue weighted by atomic mass is 15.4. The molecule has 0 aliphatic carbocycles. The largest absolute Gasteiger partial charge is 0.346 e. The average Bonchev–Trinajstić information content (AvgIpc) is 3.34. The van der Waals surface area contributed by atoms with E-state index in [0.29, 0.717) is 12.4 Å². The van der Waals surface area contributed by atoms with Crippen molar-refractivity contribution >= 4 is 5.82 Å². The van der Waals surface area contributed by atoms with Gasteiger partial charge in [0.25, 0.3) is 0 Å². The monoisotopic (exact) mass is 358 g/mol. The Morgan fingerprint density at radius 1 is 0.815 bits per heavy atom. The molecule has 27 heavy (non-hydrogen) atoms. The summed E-state index contributed by atoms with van der Waals surface area (Å²) in [6.07, 6.45) is 1.88. The first-order valence-corrected chi connectivity index (χ1v) is 8.87. The van der Waals surface area contributed by atoms with Crippen molar-refractivity contribution in [2.75, 3.05) is 11.4 Å². The molecular weight excluding hydrogens is 340 g/mol. The summed E-state index contributed by atoms with van der Waals surface area (Å²) in [6.45, 7) is 4.26. The van der Waals surface area contributed by atoms with E-state index in [0.717, 1.165) is 41.8 Å². The normalized spacial score (nSPS) is 13.6. The first-order valence-electron chi connectivity index (χ1n) is 8.87. The second-order valence-corrected chi connectivity index (χ2v) is 6.53. The Morgan fingerprint density at radius 3 is 2.37 bits per heavy atom. The average molecular weight is 358 g/mol. The van der Waals surface area contributed by atoms with Crippen LogP contribution in [0.1, 0.15) is 11.5 Å². The molecule has 1 aliphatic heterocycles. The zero-order valence-corrected chi connectivity index (χ0v) is 14.9. The number of rotatable bonds is 3. The van der Waals surface area contributed by atoms with Crippen LogP contribution in [0.3, 0.4) is 0 Å². The number of aromatic nitrogens is 7. The van der Waals surface area contributed by atoms with Crippen LogP contribution in [0.15, 0.2) is 54.7 Å². The fourth-order valence-electron chi connectivity index (χ4n) is 3.31. The van der Waals surface area contributed by atoms with E-state index in [-0.39, 0.29) is 0 Å². The zero-order valence-electron chi connectivity index (χ0n) is 14.9. The molecule has 0 radical (unpaired) electrons. The molecule has 5 rings (SSSR count). The molecule has 0 N–H and O–H groups in total. The van der Waals surface area contributed by atoms with Crippen molar-refractivity contribution in [2.24, 2.45) is 0 Å². The van der Waals surface area contributed by atoms with Crippen molar-refractivity contribution in [3.8, 4) is 17.2 Å². The Hall–Kier alpha value is -3.55. The van der Waals surface area contributed by atoms with Gasteiger partial charge >= 0.3 is 0 Å². The molecule has 0 bridgehead atoms. The summed E-state index contributed by atoms with van der Waals surface area (Å²) in [6, 6.07) is 16.0. The van der Waals surface area contributed by atoms with Crippen LogP contribution in [0, 0.1) is 6.92 Å². The summed E-state index contributed by atoms with van der Waals surface area (Å²) < 4.78 is 3.91. The van der Waals surface area contributed by atoms with E-state index in [1.54, 1.807) is 4.68 Å². The fourth-order valence-corrected chi connectivity index (χ4v) is 3.31. The minimum absolute atomic E-state index is 0.661. The Morgan fingerprint density at radius 2 is 1.63 bits per heavy atom. The number of nitrogens with zero attached hydrogens (tertiary/aromatic N) is 8. The van der Waals surface area contributed by atoms with E-state index in [1.165, 1.54) is 0 Å². The predicted molar refractivity (Wildman–Crippen MR) is 100 cm³/mol. The summed E-state index contributed by atoms with van der Waals surface area (Å²) in [7, 11) is 0. The second kappa shape index (κ2) is 6.31. The third kappa shape index (κ3) is 2.84. The van der Waals surface area contributed by atoms with E-state index in [1.807, 2.05) is 49.5 Å². The standard InChI is InChI=1S/C19H18N8/c1-14-9-10-27(24-14)17-8-7-16(20-21-17)25-11-12-26-18(13-25)22-23-19(26)15-5-3-2-4-6-15/h2-10H,11-13H2,1H3. The van der Waals surface area contributed by atoms with Crippen molar-refractivity contribution in [2.45, 2.75) is 20.0 Å². The number of fused-ring (bicyclic) bond motifs is 1. The summed E-state index contributed by atoms with van der Waals surface area (Å²) in [4.78, 5) is 2.17. The minimum Gasteiger partial charge on any atom is -0.346 e. The van der Waals surface area contributed by atoms with Crippen LogP contribution in [-0.4, -0.2) is 41.3 Å². The number of anilines is 1. The van der Waals surface area contributed by atoms with Gasteiger partial charge in [0.15, 0.2) is 23.3 Å². The van der Waals surface area contributed by atoms with Gasteiger partial charge in [0.2, 0.25) is 0 Å². The quantitative estimate of drug-likeness (QED) is 0.559. The molecule has 0 fully saturated rings. The Bertz CT molecular complexity index is 1060. The smallest absolute Gasteiger partial charge is 0.175 e. The number of hydrogen-bond donors (Lipinski definition) is 0. The molecular formula is C19H18N8. The van der Waals surface area contributed by atoms with E-state index < -0.39 is 0 Å². The highest BCUT2D eigenvalue weighted by Gasteiger charge is 2.23. The molecule has 1 aliphatic rings. The first kappa shape index (κ1) is 15.7. The summed E-state index contributed by atoms with van der Waals surface area (Å²) in [5, 5.41) is 21.8. The minimum atomic E-state index is 0.661. The van der Waals surface area contributed by atoms with Gasteiger partial charge in [-0.05, 0) is 25.1 Å². The molecule has 4 heterocycles. The highest BCUT2D eigenvalue weighted by Crippen LogP contribution is 2.23. The molecule has 0 unspecified atom stereocenters. The molecule has 8 nitrogen and oxygen atoms in total. The molecule has 0 saturated carbocycles. The molecule has 0 saturated heterocycles. The van der Waals surface area contributed by atoms with Gasteiger partial charge in [-0.2, -0.15) is 5.10 Å². The van der Waals surface area contributed by atoms with Gasteiger partial charge in [0.05, 0.1) is 12.2 Å². The SMILES string of the molecule is Cc1ccn(-c2ccc(N3CCn4c(nnc4-c4ccccc4)C3)nn2)n1. The van der Waals surface area contributed by atoms with Crippen LogP contribution in [0.25, 0.3) is 17.2 Å². The molecule has 0 amide bonds. The molecule has 3 aromatic heterocycles. The van der Waals surface area contributed by atoms with Gasteiger partial charge in [0.1, 0.15) is 0 Å². The summed E-state index contributed by atoms with van der Waals surface area (Å²) >= 11 is 0. The number of aryl methyl sites for hydroxylation is 1. The Labute approximate surface area is 156 Å². The number of hydrogen-bond acceptors (Lipinski definition) is 6. The lowest BCUT2D eigenvalue weighted by Gasteiger charge is -2.28. The first-order chi connectivity index (χ1) is 13.3. The van der Waals surface area contributed by atoms with Gasteiger partial charge in [0, 0.05) is 24.8 Å². The molecule has 8 heteroatoms. The van der Waals surface area contributed by atoms with Crippen LogP contribution in [0.5, 0.6) is 0 Å². The van der Waals surface area contributed by atoms with Crippen molar-refractivity contribution in [3.05, 3.63) is 66.2 Å². The second-order valence-electron chi connectivity index (χ2n) is 6.53. The molecule has 0 atom stereocenters. The lowest BCUT2D eigenvalue weighted by atomic mass is 10.2. The fraction of sp³-hybridized carbons (Fsp3) is 0.211. The van der Waals surface area contributed by atoms with Crippen molar-refractivity contribution < 1.29 is 0 Å². The lowest BCUT2D eigenvalue weighted by molar-refractivity contribution is 0.557. The highest BCUT2D eigenvalue weighted by molar-refractivity contribution is 5.55. The van der Waals surface area contributed by atoms with E-state index in [2.05, 4.69) is 47.1 Å². The third-order valence-corrected chi connectivity index (χ3v) is 4.70. The van der Waals surface area contributed by atoms with Crippen LogP contribution in [0.4, 0.5) is 5.82 Å². The van der Waals surface area contributed by atoms with Gasteiger partial charge in [-0.3, -0.25) is 0 Å². The van der Waals surface area contributed by atoms with E-state index >= 15 is 0 Å². The lowest BCUT2D eigenvalue weighted by Crippen LogP contribution is -2.34. The van der Waals surface area contributed by atoms with E-state index in [4.69, 9.17) is 0 Å². The van der Waals surface area contributed by atoms with Crippen molar-refractivity contribution in [1.29, 1.82) is 0 Å². The summed E-state index contributed by atoms with van der Waals surface area (Å²) in [5.41, 5.74) is 2.04. The van der Waals surface area contributed by atoms with E-state index in [9.17, 15) is 0 Å². The Balaban J connectivity index is 1.38. The maximum Gasteiger partial charge on any atom is 0.175 e. The van der Waals surface area contributed by atoms with Crippen LogP contribution in [0.2, 0.25) is 0 Å². The van der Waals surface area contributed by atoms with Crippen molar-refractivity contribution in [1.82, 2.24) is 34.7 Å². The van der Waals surface area contributed by atoms with Crippen LogP contribution in [-0.2, 0) is 13.1 Å². The van der Waals surface area contributed by atoms with Crippen molar-refractivity contribution in [3.63, 3.8) is 0 Å². The zero-order chi connectivity index (χ0) is 18.2. The third-order valence-electron chi connectivity index (χ3n) is 4.70. The Kier molecular flexibility index (Phi) is 3.67. The molecule has 1 aromatic carbocycles. The molecule has 134 valence electrons. The van der Waals surface area contributed by atoms with Gasteiger partial charge in [-0.1, -0.05) is 30.3 Å². The summed E-state index contributed by atoms with van der Waals surface area (Å²) in [5.74, 6) is 3.39. The maximum atomic E-state index is 4.39. The number of benzene rings is 1. The van der Waals surface area contributed by atoms with Crippen LogP contribution < -0.4 is 4.90 Å². The topological polar surface area (TPSA) is 77.5 Å². The van der Waals surface area contributed by atoms with Gasteiger partial charge in [-0.15, -0.1) is 20.4 Å². The molecule has 4 aromatic rings. The van der Waals surface area contributed by atoms with Gasteiger partial charge < -0.3 is 9.47 Å². The van der Waals surface area contributed by atoms with Crippen LogP contribution >= 0.6 is 0 Å².